The zero-order chi connectivity index (χ0) is 20.4. The second kappa shape index (κ2) is 7.67. The lowest BCUT2D eigenvalue weighted by molar-refractivity contribution is -0.255. The zero-order valence-electron chi connectivity index (χ0n) is 15.8. The van der Waals surface area contributed by atoms with Crippen molar-refractivity contribution in [1.29, 1.82) is 0 Å². The first-order valence-electron chi connectivity index (χ1n) is 9.32. The molecule has 6 nitrogen and oxygen atoms in total. The van der Waals surface area contributed by atoms with Gasteiger partial charge in [0.15, 0.2) is 0 Å². The van der Waals surface area contributed by atoms with Crippen molar-refractivity contribution in [1.82, 2.24) is 0 Å². The van der Waals surface area contributed by atoms with Crippen molar-refractivity contribution in [3.8, 4) is 5.75 Å². The van der Waals surface area contributed by atoms with Crippen LogP contribution in [0.4, 0.5) is 11.4 Å². The van der Waals surface area contributed by atoms with Crippen LogP contribution in [0.5, 0.6) is 5.75 Å². The molecule has 1 amide bonds. The van der Waals surface area contributed by atoms with Gasteiger partial charge >= 0.3 is 0 Å². The van der Waals surface area contributed by atoms with Crippen LogP contribution in [0, 0.1) is 0 Å². The van der Waals surface area contributed by atoms with E-state index in [1.807, 2.05) is 49.4 Å². The summed E-state index contributed by atoms with van der Waals surface area (Å²) in [4.78, 5) is 26.1. The van der Waals surface area contributed by atoms with E-state index in [0.717, 1.165) is 17.0 Å². The van der Waals surface area contributed by atoms with Gasteiger partial charge in [-0.15, -0.1) is 0 Å². The Kier molecular flexibility index (Phi) is 4.91. The summed E-state index contributed by atoms with van der Waals surface area (Å²) in [7, 11) is 0. The van der Waals surface area contributed by atoms with Gasteiger partial charge in [0.25, 0.3) is 5.91 Å². The first kappa shape index (κ1) is 18.6. The maximum atomic E-state index is 13.3. The maximum Gasteiger partial charge on any atom is 0.262 e. The van der Waals surface area contributed by atoms with E-state index in [4.69, 9.17) is 4.74 Å². The first-order chi connectivity index (χ1) is 14.1. The van der Waals surface area contributed by atoms with Gasteiger partial charge in [-0.05, 0) is 54.4 Å². The predicted molar refractivity (Wildman–Crippen MR) is 108 cm³/mol. The van der Waals surface area contributed by atoms with E-state index < -0.39 is 12.1 Å². The van der Waals surface area contributed by atoms with Crippen molar-refractivity contribution < 1.29 is 19.4 Å². The molecule has 0 bridgehead atoms. The highest BCUT2D eigenvalue weighted by molar-refractivity contribution is 6.12. The standard InChI is InChI=1S/C23H20N2O4/c1-2-29-18-13-11-17(12-14-18)25-21(15-7-9-16(10-8-15)23(27)28)24-20-6-4-3-5-19(20)22(25)26/h3-14,21,24H,2H2,1H3,(H,27,28)/p-1/t21-/m0/s1. The third-order valence-electron chi connectivity index (χ3n) is 4.81. The minimum Gasteiger partial charge on any atom is -0.545 e. The quantitative estimate of drug-likeness (QED) is 0.727. The smallest absolute Gasteiger partial charge is 0.262 e. The number of carboxylic acids is 1. The Morgan fingerprint density at radius 2 is 1.72 bits per heavy atom. The fourth-order valence-corrected chi connectivity index (χ4v) is 3.42. The van der Waals surface area contributed by atoms with Crippen molar-refractivity contribution >= 4 is 23.3 Å². The van der Waals surface area contributed by atoms with E-state index in [1.54, 1.807) is 23.1 Å². The van der Waals surface area contributed by atoms with Crippen LogP contribution in [0.25, 0.3) is 0 Å². The summed E-state index contributed by atoms with van der Waals surface area (Å²) in [6.07, 6.45) is -0.494. The van der Waals surface area contributed by atoms with Gasteiger partial charge in [0, 0.05) is 11.4 Å². The SMILES string of the molecule is CCOc1ccc(N2C(=O)c3ccccc3N[C@@H]2c2ccc(C(=O)[O-])cc2)cc1. The molecule has 3 aromatic carbocycles. The summed E-state index contributed by atoms with van der Waals surface area (Å²) in [6.45, 7) is 2.47. The van der Waals surface area contributed by atoms with Gasteiger partial charge in [0.1, 0.15) is 11.9 Å². The molecule has 1 aliphatic heterocycles. The molecule has 6 heteroatoms. The molecule has 1 heterocycles. The largest absolute Gasteiger partial charge is 0.545 e. The number of ether oxygens (including phenoxy) is 1. The third-order valence-corrected chi connectivity index (χ3v) is 4.81. The fourth-order valence-electron chi connectivity index (χ4n) is 3.42. The lowest BCUT2D eigenvalue weighted by Crippen LogP contribution is -2.43. The van der Waals surface area contributed by atoms with Crippen LogP contribution in [0.3, 0.4) is 0 Å². The minimum atomic E-state index is -1.24. The summed E-state index contributed by atoms with van der Waals surface area (Å²) >= 11 is 0. The highest BCUT2D eigenvalue weighted by Crippen LogP contribution is 2.37. The second-order valence-corrected chi connectivity index (χ2v) is 6.60. The highest BCUT2D eigenvalue weighted by Gasteiger charge is 2.33. The van der Waals surface area contributed by atoms with Crippen molar-refractivity contribution in [3.05, 3.63) is 89.5 Å². The molecule has 1 N–H and O–H groups in total. The van der Waals surface area contributed by atoms with Gasteiger partial charge in [-0.2, -0.15) is 0 Å². The lowest BCUT2D eigenvalue weighted by atomic mass is 10.0. The molecular formula is C23H19N2O4-. The number of hydrogen-bond donors (Lipinski definition) is 1. The molecule has 0 saturated heterocycles. The van der Waals surface area contributed by atoms with Crippen LogP contribution in [0.2, 0.25) is 0 Å². The number of nitrogens with one attached hydrogen (secondary N) is 1. The Morgan fingerprint density at radius 1 is 1.03 bits per heavy atom. The summed E-state index contributed by atoms with van der Waals surface area (Å²) in [5.74, 6) is -0.653. The monoisotopic (exact) mass is 387 g/mol. The van der Waals surface area contributed by atoms with Crippen molar-refractivity contribution in [2.75, 3.05) is 16.8 Å². The zero-order valence-corrected chi connectivity index (χ0v) is 15.8. The van der Waals surface area contributed by atoms with E-state index in [0.29, 0.717) is 17.9 Å². The number of hydrogen-bond acceptors (Lipinski definition) is 5. The number of fused-ring (bicyclic) bond motifs is 1. The van der Waals surface area contributed by atoms with E-state index in [2.05, 4.69) is 5.32 Å². The number of carbonyl (C=O) groups excluding carboxylic acids is 2. The van der Waals surface area contributed by atoms with Gasteiger partial charge in [-0.25, -0.2) is 0 Å². The van der Waals surface area contributed by atoms with Crippen LogP contribution in [0.15, 0.2) is 72.8 Å². The highest BCUT2D eigenvalue weighted by atomic mass is 16.5. The molecule has 4 rings (SSSR count). The number of amides is 1. The molecule has 0 radical (unpaired) electrons. The predicted octanol–water partition coefficient (Wildman–Crippen LogP) is 3.22. The van der Waals surface area contributed by atoms with Crippen molar-refractivity contribution in [2.45, 2.75) is 13.1 Å². The number of aromatic carboxylic acids is 1. The first-order valence-corrected chi connectivity index (χ1v) is 9.32. The minimum absolute atomic E-state index is 0.0869. The van der Waals surface area contributed by atoms with Crippen LogP contribution in [-0.2, 0) is 0 Å². The van der Waals surface area contributed by atoms with E-state index in [-0.39, 0.29) is 11.5 Å². The Bertz CT molecular complexity index is 1050. The molecule has 0 aliphatic carbocycles. The molecule has 29 heavy (non-hydrogen) atoms. The van der Waals surface area contributed by atoms with Gasteiger partial charge in [0.2, 0.25) is 0 Å². The lowest BCUT2D eigenvalue weighted by Gasteiger charge is -2.38. The second-order valence-electron chi connectivity index (χ2n) is 6.60. The van der Waals surface area contributed by atoms with Gasteiger partial charge < -0.3 is 20.0 Å². The van der Waals surface area contributed by atoms with Crippen LogP contribution in [-0.4, -0.2) is 18.5 Å². The fraction of sp³-hybridized carbons (Fsp3) is 0.130. The number of para-hydroxylation sites is 1. The number of rotatable bonds is 5. The molecule has 1 atom stereocenters. The Morgan fingerprint density at radius 3 is 2.38 bits per heavy atom. The maximum absolute atomic E-state index is 13.3. The van der Waals surface area contributed by atoms with Crippen molar-refractivity contribution in [3.63, 3.8) is 0 Å². The van der Waals surface area contributed by atoms with Gasteiger partial charge in [0.05, 0.1) is 18.1 Å². The molecule has 3 aromatic rings. The van der Waals surface area contributed by atoms with Crippen LogP contribution < -0.4 is 20.1 Å². The Balaban J connectivity index is 1.77. The summed E-state index contributed by atoms with van der Waals surface area (Å²) in [6, 6.07) is 21.0. The van der Waals surface area contributed by atoms with Crippen LogP contribution in [0.1, 0.15) is 39.4 Å². The average Bonchev–Trinajstić information content (AvgIpc) is 2.75. The molecule has 0 fully saturated rings. The molecule has 1 aliphatic rings. The van der Waals surface area contributed by atoms with Gasteiger partial charge in [-0.1, -0.05) is 36.4 Å². The molecular weight excluding hydrogens is 368 g/mol. The summed E-state index contributed by atoms with van der Waals surface area (Å²) in [5.41, 5.74) is 2.85. The topological polar surface area (TPSA) is 81.7 Å². The Hall–Kier alpha value is -3.80. The van der Waals surface area contributed by atoms with Gasteiger partial charge in [-0.3, -0.25) is 9.69 Å². The molecule has 0 saturated carbocycles. The number of benzene rings is 3. The number of carboxylic acid groups (broad SMARTS) is 1. The number of anilines is 2. The van der Waals surface area contributed by atoms with Crippen LogP contribution >= 0.6 is 0 Å². The number of nitrogens with zero attached hydrogens (tertiary/aromatic N) is 1. The average molecular weight is 387 g/mol. The Labute approximate surface area is 168 Å². The third kappa shape index (κ3) is 3.52. The number of carbonyl (C=O) groups is 2. The molecule has 0 spiro atoms. The molecule has 0 unspecified atom stereocenters. The normalized spacial score (nSPS) is 15.4. The summed E-state index contributed by atoms with van der Waals surface area (Å²) < 4.78 is 5.50. The van der Waals surface area contributed by atoms with E-state index >= 15 is 0 Å². The van der Waals surface area contributed by atoms with Crippen molar-refractivity contribution in [2.24, 2.45) is 0 Å². The van der Waals surface area contributed by atoms with E-state index in [9.17, 15) is 14.7 Å². The molecule has 146 valence electrons. The van der Waals surface area contributed by atoms with E-state index in [1.165, 1.54) is 12.1 Å². The molecule has 0 aromatic heterocycles. The summed E-state index contributed by atoms with van der Waals surface area (Å²) in [5, 5.41) is 14.5.